The fourth-order valence-corrected chi connectivity index (χ4v) is 2.90. The molecule has 0 amide bonds. The summed E-state index contributed by atoms with van der Waals surface area (Å²) >= 11 is 1.83. The van der Waals surface area contributed by atoms with E-state index in [1.54, 1.807) is 0 Å². The van der Waals surface area contributed by atoms with Crippen molar-refractivity contribution in [2.24, 2.45) is 0 Å². The van der Waals surface area contributed by atoms with Crippen molar-refractivity contribution in [3.05, 3.63) is 21.9 Å². The normalized spacial score (nSPS) is 23.1. The predicted octanol–water partition coefficient (Wildman–Crippen LogP) is 1.71. The molecule has 2 N–H and O–H groups in total. The Morgan fingerprint density at radius 1 is 1.77 bits per heavy atom. The molecule has 2 rings (SSSR count). The lowest BCUT2D eigenvalue weighted by atomic mass is 10.2. The number of hydrogen-bond donors (Lipinski definition) is 2. The lowest BCUT2D eigenvalue weighted by molar-refractivity contribution is 0.241. The summed E-state index contributed by atoms with van der Waals surface area (Å²) in [5.74, 6) is 0. The molecule has 0 fully saturated rings. The number of fused-ring (bicyclic) bond motifs is 1. The van der Waals surface area contributed by atoms with Crippen molar-refractivity contribution in [1.29, 1.82) is 0 Å². The molecule has 0 radical (unpaired) electrons. The van der Waals surface area contributed by atoms with E-state index in [9.17, 15) is 0 Å². The van der Waals surface area contributed by atoms with Crippen molar-refractivity contribution < 1.29 is 5.11 Å². The van der Waals surface area contributed by atoms with Gasteiger partial charge in [-0.1, -0.05) is 0 Å². The molecule has 1 aliphatic rings. The second-order valence-corrected chi connectivity index (χ2v) is 4.60. The number of rotatable bonds is 3. The average molecular weight is 197 g/mol. The Morgan fingerprint density at radius 2 is 2.62 bits per heavy atom. The number of hydrogen-bond acceptors (Lipinski definition) is 3. The molecule has 0 aliphatic heterocycles. The summed E-state index contributed by atoms with van der Waals surface area (Å²) in [5, 5.41) is 14.5. The van der Waals surface area contributed by atoms with Crippen molar-refractivity contribution in [3.63, 3.8) is 0 Å². The van der Waals surface area contributed by atoms with E-state index in [1.165, 1.54) is 23.3 Å². The van der Waals surface area contributed by atoms with E-state index in [0.717, 1.165) is 0 Å². The maximum absolute atomic E-state index is 8.93. The monoisotopic (exact) mass is 197 g/mol. The van der Waals surface area contributed by atoms with Crippen molar-refractivity contribution >= 4 is 11.3 Å². The molecule has 1 aliphatic carbocycles. The zero-order valence-electron chi connectivity index (χ0n) is 7.79. The quantitative estimate of drug-likeness (QED) is 0.773. The van der Waals surface area contributed by atoms with Crippen LogP contribution in [0.15, 0.2) is 11.4 Å². The first-order chi connectivity index (χ1) is 6.31. The van der Waals surface area contributed by atoms with Gasteiger partial charge in [-0.05, 0) is 36.8 Å². The molecule has 2 atom stereocenters. The van der Waals surface area contributed by atoms with Gasteiger partial charge in [-0.25, -0.2) is 0 Å². The molecule has 0 saturated heterocycles. The van der Waals surface area contributed by atoms with Gasteiger partial charge in [0.25, 0.3) is 0 Å². The molecule has 0 bridgehead atoms. The van der Waals surface area contributed by atoms with Gasteiger partial charge >= 0.3 is 0 Å². The molecular weight excluding hydrogens is 182 g/mol. The summed E-state index contributed by atoms with van der Waals surface area (Å²) in [6, 6.07) is 2.90. The van der Waals surface area contributed by atoms with Gasteiger partial charge in [0, 0.05) is 17.0 Å². The summed E-state index contributed by atoms with van der Waals surface area (Å²) in [6.45, 7) is 2.24. The summed E-state index contributed by atoms with van der Waals surface area (Å²) in [5.41, 5.74) is 1.49. The minimum atomic E-state index is 0.207. The number of thiophene rings is 1. The van der Waals surface area contributed by atoms with Crippen LogP contribution in [0.4, 0.5) is 0 Å². The lowest BCUT2D eigenvalue weighted by Crippen LogP contribution is -2.31. The Balaban J connectivity index is 2.04. The Labute approximate surface area is 82.6 Å². The first-order valence-electron chi connectivity index (χ1n) is 4.74. The van der Waals surface area contributed by atoms with E-state index in [-0.39, 0.29) is 12.6 Å². The Morgan fingerprint density at radius 3 is 3.38 bits per heavy atom. The SMILES string of the molecule is C[C@H](CO)NC1CCc2ccsc21. The highest BCUT2D eigenvalue weighted by Gasteiger charge is 2.24. The fourth-order valence-electron chi connectivity index (χ4n) is 1.85. The van der Waals surface area contributed by atoms with E-state index >= 15 is 0 Å². The van der Waals surface area contributed by atoms with Gasteiger partial charge in [0.05, 0.1) is 6.61 Å². The number of aliphatic hydroxyl groups excluding tert-OH is 1. The Kier molecular flexibility index (Phi) is 2.67. The van der Waals surface area contributed by atoms with Crippen LogP contribution in [0.5, 0.6) is 0 Å². The van der Waals surface area contributed by atoms with Crippen LogP contribution in [0, 0.1) is 0 Å². The van der Waals surface area contributed by atoms with Gasteiger partial charge in [0.2, 0.25) is 0 Å². The summed E-state index contributed by atoms with van der Waals surface area (Å²) < 4.78 is 0. The van der Waals surface area contributed by atoms with Gasteiger partial charge in [0.1, 0.15) is 0 Å². The van der Waals surface area contributed by atoms with Gasteiger partial charge < -0.3 is 10.4 Å². The van der Waals surface area contributed by atoms with Crippen LogP contribution in [0.3, 0.4) is 0 Å². The Hall–Kier alpha value is -0.380. The minimum absolute atomic E-state index is 0.207. The highest BCUT2D eigenvalue weighted by Crippen LogP contribution is 2.35. The summed E-state index contributed by atoms with van der Waals surface area (Å²) in [6.07, 6.45) is 2.38. The molecule has 1 aromatic heterocycles. The molecule has 2 nitrogen and oxygen atoms in total. The molecule has 0 aromatic carbocycles. The molecule has 13 heavy (non-hydrogen) atoms. The van der Waals surface area contributed by atoms with Crippen molar-refractivity contribution in [2.75, 3.05) is 6.61 Å². The van der Waals surface area contributed by atoms with Gasteiger partial charge in [-0.2, -0.15) is 0 Å². The van der Waals surface area contributed by atoms with Crippen LogP contribution in [0.2, 0.25) is 0 Å². The van der Waals surface area contributed by atoms with E-state index in [1.807, 2.05) is 18.3 Å². The van der Waals surface area contributed by atoms with Crippen LogP contribution in [0.1, 0.15) is 29.8 Å². The number of aliphatic hydroxyl groups is 1. The van der Waals surface area contributed by atoms with Crippen molar-refractivity contribution in [3.8, 4) is 0 Å². The van der Waals surface area contributed by atoms with E-state index < -0.39 is 0 Å². The average Bonchev–Trinajstić information content (AvgIpc) is 2.69. The third-order valence-corrected chi connectivity index (χ3v) is 3.63. The molecular formula is C10H15NOS. The molecule has 3 heteroatoms. The molecule has 72 valence electrons. The topological polar surface area (TPSA) is 32.3 Å². The zero-order valence-corrected chi connectivity index (χ0v) is 8.60. The van der Waals surface area contributed by atoms with Crippen LogP contribution in [0.25, 0.3) is 0 Å². The standard InChI is InChI=1S/C10H15NOS/c1-7(6-12)11-9-3-2-8-4-5-13-10(8)9/h4-5,7,9,11-12H,2-3,6H2,1H3/t7-,9?/m1/s1. The maximum atomic E-state index is 8.93. The third kappa shape index (κ3) is 1.77. The summed E-state index contributed by atoms with van der Waals surface area (Å²) in [7, 11) is 0. The smallest absolute Gasteiger partial charge is 0.0582 e. The van der Waals surface area contributed by atoms with Crippen LogP contribution in [-0.4, -0.2) is 17.8 Å². The number of nitrogens with one attached hydrogen (secondary N) is 1. The minimum Gasteiger partial charge on any atom is -0.395 e. The van der Waals surface area contributed by atoms with Gasteiger partial charge in [-0.15, -0.1) is 11.3 Å². The second-order valence-electron chi connectivity index (χ2n) is 3.65. The third-order valence-electron chi connectivity index (χ3n) is 2.56. The van der Waals surface area contributed by atoms with Crippen LogP contribution in [-0.2, 0) is 6.42 Å². The van der Waals surface area contributed by atoms with Gasteiger partial charge in [0.15, 0.2) is 0 Å². The molecule has 1 aromatic rings. The first-order valence-corrected chi connectivity index (χ1v) is 5.62. The summed E-state index contributed by atoms with van der Waals surface area (Å²) in [4.78, 5) is 1.47. The van der Waals surface area contributed by atoms with Crippen LogP contribution >= 0.6 is 11.3 Å². The molecule has 0 spiro atoms. The highest BCUT2D eigenvalue weighted by molar-refractivity contribution is 7.10. The van der Waals surface area contributed by atoms with E-state index in [2.05, 4.69) is 16.8 Å². The lowest BCUT2D eigenvalue weighted by Gasteiger charge is -2.17. The zero-order chi connectivity index (χ0) is 9.26. The van der Waals surface area contributed by atoms with Crippen molar-refractivity contribution in [1.82, 2.24) is 5.32 Å². The largest absolute Gasteiger partial charge is 0.395 e. The van der Waals surface area contributed by atoms with Crippen LogP contribution < -0.4 is 5.32 Å². The molecule has 1 heterocycles. The second kappa shape index (κ2) is 3.78. The van der Waals surface area contributed by atoms with E-state index in [0.29, 0.717) is 6.04 Å². The predicted molar refractivity (Wildman–Crippen MR) is 55.1 cm³/mol. The fraction of sp³-hybridized carbons (Fsp3) is 0.600. The Bertz CT molecular complexity index is 284. The molecule has 1 unspecified atom stereocenters. The molecule has 0 saturated carbocycles. The highest BCUT2D eigenvalue weighted by atomic mass is 32.1. The van der Waals surface area contributed by atoms with E-state index in [4.69, 9.17) is 5.11 Å². The maximum Gasteiger partial charge on any atom is 0.0582 e. The first kappa shape index (κ1) is 9.19. The van der Waals surface area contributed by atoms with Gasteiger partial charge in [-0.3, -0.25) is 0 Å². The van der Waals surface area contributed by atoms with Crippen molar-refractivity contribution in [2.45, 2.75) is 31.8 Å². The number of aryl methyl sites for hydroxylation is 1.